The van der Waals surface area contributed by atoms with E-state index in [9.17, 15) is 14.3 Å². The Labute approximate surface area is 176 Å². The molecule has 0 saturated carbocycles. The number of carbonyl (C=O) groups excluding carboxylic acids is 1. The fourth-order valence-corrected chi connectivity index (χ4v) is 3.95. The Morgan fingerprint density at radius 3 is 2.34 bits per heavy atom. The third kappa shape index (κ3) is 3.51. The monoisotopic (exact) mass is 453 g/mol. The molecule has 1 heterocycles. The standard InChI is InChI=1S/C23H17BrFNO3/c1-29-19-11-5-14(6-12-19)20-21(15-3-2-4-16(24)13-15)26(23(28)22(20)27)18-9-7-17(25)8-10-18/h2-13,21,27H,1H3/t21-/m0/s1. The van der Waals surface area contributed by atoms with Gasteiger partial charge in [-0.25, -0.2) is 4.39 Å². The van der Waals surface area contributed by atoms with E-state index in [-0.39, 0.29) is 5.76 Å². The lowest BCUT2D eigenvalue weighted by Crippen LogP contribution is -2.30. The average Bonchev–Trinajstić information content (AvgIpc) is 3.00. The number of methoxy groups -OCH3 is 1. The van der Waals surface area contributed by atoms with E-state index in [1.165, 1.54) is 29.2 Å². The summed E-state index contributed by atoms with van der Waals surface area (Å²) in [5, 5.41) is 10.8. The van der Waals surface area contributed by atoms with Crippen LogP contribution < -0.4 is 9.64 Å². The number of aliphatic hydroxyl groups excluding tert-OH is 1. The van der Waals surface area contributed by atoms with Gasteiger partial charge in [0.05, 0.1) is 13.2 Å². The molecular formula is C23H17BrFNO3. The Morgan fingerprint density at radius 1 is 1.03 bits per heavy atom. The number of hydrogen-bond acceptors (Lipinski definition) is 3. The second kappa shape index (κ2) is 7.72. The second-order valence-corrected chi connectivity index (χ2v) is 7.52. The van der Waals surface area contributed by atoms with Gasteiger partial charge in [-0.1, -0.05) is 40.2 Å². The number of halogens is 2. The van der Waals surface area contributed by atoms with Crippen LogP contribution in [-0.4, -0.2) is 18.1 Å². The second-order valence-electron chi connectivity index (χ2n) is 6.60. The Balaban J connectivity index is 1.89. The molecule has 4 nitrogen and oxygen atoms in total. The number of anilines is 1. The Kier molecular flexibility index (Phi) is 5.11. The van der Waals surface area contributed by atoms with E-state index in [1.807, 2.05) is 24.3 Å². The minimum absolute atomic E-state index is 0.329. The predicted octanol–water partition coefficient (Wildman–Crippen LogP) is 5.65. The third-order valence-electron chi connectivity index (χ3n) is 4.88. The zero-order chi connectivity index (χ0) is 20.5. The van der Waals surface area contributed by atoms with Gasteiger partial charge in [0.1, 0.15) is 11.6 Å². The number of carbonyl (C=O) groups is 1. The van der Waals surface area contributed by atoms with Crippen LogP contribution in [0.3, 0.4) is 0 Å². The number of hydrogen-bond donors (Lipinski definition) is 1. The van der Waals surface area contributed by atoms with Crippen molar-refractivity contribution in [1.82, 2.24) is 0 Å². The van der Waals surface area contributed by atoms with Crippen LogP contribution in [0.5, 0.6) is 5.75 Å². The van der Waals surface area contributed by atoms with Crippen molar-refractivity contribution in [1.29, 1.82) is 0 Å². The summed E-state index contributed by atoms with van der Waals surface area (Å²) in [5.74, 6) is -0.587. The van der Waals surface area contributed by atoms with Crippen molar-refractivity contribution in [3.63, 3.8) is 0 Å². The van der Waals surface area contributed by atoms with Gasteiger partial charge in [0, 0.05) is 15.7 Å². The van der Waals surface area contributed by atoms with Crippen LogP contribution in [0, 0.1) is 5.82 Å². The maximum Gasteiger partial charge on any atom is 0.294 e. The Hall–Kier alpha value is -3.12. The van der Waals surface area contributed by atoms with Crippen molar-refractivity contribution >= 4 is 33.1 Å². The first-order valence-electron chi connectivity index (χ1n) is 8.91. The van der Waals surface area contributed by atoms with Crippen LogP contribution in [0.1, 0.15) is 17.2 Å². The van der Waals surface area contributed by atoms with Gasteiger partial charge in [-0.15, -0.1) is 0 Å². The molecule has 1 atom stereocenters. The Bertz CT molecular complexity index is 1090. The van der Waals surface area contributed by atoms with Crippen molar-refractivity contribution in [2.45, 2.75) is 6.04 Å². The summed E-state index contributed by atoms with van der Waals surface area (Å²) in [6.07, 6.45) is 0. The van der Waals surface area contributed by atoms with Gasteiger partial charge in [-0.3, -0.25) is 9.69 Å². The van der Waals surface area contributed by atoms with Gasteiger partial charge in [0.15, 0.2) is 5.76 Å². The summed E-state index contributed by atoms with van der Waals surface area (Å²) in [6.45, 7) is 0. The Morgan fingerprint density at radius 2 is 1.72 bits per heavy atom. The van der Waals surface area contributed by atoms with Crippen LogP contribution in [0.4, 0.5) is 10.1 Å². The van der Waals surface area contributed by atoms with Crippen molar-refractivity contribution < 1.29 is 19.0 Å². The number of amides is 1. The number of nitrogens with zero attached hydrogens (tertiary/aromatic N) is 1. The van der Waals surface area contributed by atoms with Crippen LogP contribution in [0.2, 0.25) is 0 Å². The summed E-state index contributed by atoms with van der Waals surface area (Å²) in [4.78, 5) is 14.5. The van der Waals surface area contributed by atoms with Gasteiger partial charge in [-0.2, -0.15) is 0 Å². The molecule has 0 spiro atoms. The minimum atomic E-state index is -0.571. The van der Waals surface area contributed by atoms with Crippen molar-refractivity contribution in [3.05, 3.63) is 100.0 Å². The molecule has 29 heavy (non-hydrogen) atoms. The molecule has 3 aromatic carbocycles. The quantitative estimate of drug-likeness (QED) is 0.554. The molecule has 1 N–H and O–H groups in total. The molecule has 146 valence electrons. The molecule has 0 unspecified atom stereocenters. The van der Waals surface area contributed by atoms with Gasteiger partial charge in [-0.05, 0) is 59.7 Å². The van der Waals surface area contributed by atoms with Crippen LogP contribution in [0.25, 0.3) is 5.57 Å². The summed E-state index contributed by atoms with van der Waals surface area (Å²) >= 11 is 3.47. The highest BCUT2D eigenvalue weighted by atomic mass is 79.9. The third-order valence-corrected chi connectivity index (χ3v) is 5.37. The van der Waals surface area contributed by atoms with E-state index in [1.54, 1.807) is 31.4 Å². The molecule has 0 aromatic heterocycles. The van der Waals surface area contributed by atoms with E-state index in [2.05, 4.69) is 15.9 Å². The number of ether oxygens (including phenoxy) is 1. The maximum absolute atomic E-state index is 13.5. The molecule has 0 fully saturated rings. The zero-order valence-electron chi connectivity index (χ0n) is 15.5. The molecule has 1 aliphatic heterocycles. The van der Waals surface area contributed by atoms with E-state index in [0.29, 0.717) is 22.6 Å². The smallest absolute Gasteiger partial charge is 0.294 e. The largest absolute Gasteiger partial charge is 0.503 e. The van der Waals surface area contributed by atoms with Gasteiger partial charge in [0.2, 0.25) is 0 Å². The summed E-state index contributed by atoms with van der Waals surface area (Å²) in [5.41, 5.74) is 2.50. The molecule has 4 rings (SSSR count). The molecule has 1 amide bonds. The van der Waals surface area contributed by atoms with Crippen molar-refractivity contribution in [3.8, 4) is 5.75 Å². The topological polar surface area (TPSA) is 49.8 Å². The first kappa shape index (κ1) is 19.2. The van der Waals surface area contributed by atoms with Crippen LogP contribution >= 0.6 is 15.9 Å². The zero-order valence-corrected chi connectivity index (χ0v) is 17.1. The minimum Gasteiger partial charge on any atom is -0.503 e. The van der Waals surface area contributed by atoms with Crippen LogP contribution in [0.15, 0.2) is 83.0 Å². The van der Waals surface area contributed by atoms with Crippen molar-refractivity contribution in [2.24, 2.45) is 0 Å². The maximum atomic E-state index is 13.5. The van der Waals surface area contributed by atoms with Gasteiger partial charge < -0.3 is 9.84 Å². The lowest BCUT2D eigenvalue weighted by molar-refractivity contribution is -0.117. The molecule has 1 aliphatic rings. The van der Waals surface area contributed by atoms with Crippen molar-refractivity contribution in [2.75, 3.05) is 12.0 Å². The van der Waals surface area contributed by atoms with E-state index in [0.717, 1.165) is 10.0 Å². The summed E-state index contributed by atoms with van der Waals surface area (Å²) in [7, 11) is 1.57. The number of benzene rings is 3. The number of rotatable bonds is 4. The van der Waals surface area contributed by atoms with E-state index >= 15 is 0 Å². The predicted molar refractivity (Wildman–Crippen MR) is 113 cm³/mol. The van der Waals surface area contributed by atoms with Crippen LogP contribution in [-0.2, 0) is 4.79 Å². The normalized spacial score (nSPS) is 16.4. The van der Waals surface area contributed by atoms with E-state index in [4.69, 9.17) is 4.74 Å². The first-order chi connectivity index (χ1) is 14.0. The summed E-state index contributed by atoms with van der Waals surface area (Å²) < 4.78 is 19.5. The molecule has 3 aromatic rings. The lowest BCUT2D eigenvalue weighted by Gasteiger charge is -2.27. The molecule has 0 aliphatic carbocycles. The molecule has 6 heteroatoms. The fraction of sp³-hybridized carbons (Fsp3) is 0.0870. The first-order valence-corrected chi connectivity index (χ1v) is 9.71. The SMILES string of the molecule is COc1ccc(C2=C(O)C(=O)N(c3ccc(F)cc3)[C@H]2c2cccc(Br)c2)cc1. The highest BCUT2D eigenvalue weighted by molar-refractivity contribution is 9.10. The molecular weight excluding hydrogens is 437 g/mol. The highest BCUT2D eigenvalue weighted by Crippen LogP contribution is 2.45. The molecule has 0 bridgehead atoms. The van der Waals surface area contributed by atoms with E-state index < -0.39 is 17.8 Å². The lowest BCUT2D eigenvalue weighted by atomic mass is 9.93. The highest BCUT2D eigenvalue weighted by Gasteiger charge is 2.42. The van der Waals surface area contributed by atoms with Gasteiger partial charge >= 0.3 is 0 Å². The number of aliphatic hydroxyl groups is 1. The molecule has 0 radical (unpaired) electrons. The average molecular weight is 454 g/mol. The fourth-order valence-electron chi connectivity index (χ4n) is 3.53. The molecule has 0 saturated heterocycles. The summed E-state index contributed by atoms with van der Waals surface area (Å²) in [6, 6.07) is 19.8. The van der Waals surface area contributed by atoms with Gasteiger partial charge in [0.25, 0.3) is 5.91 Å².